The number of fused-ring (bicyclic) bond motifs is 1. The molecule has 0 spiro atoms. The van der Waals surface area contributed by atoms with E-state index < -0.39 is 6.23 Å². The molecule has 0 aliphatic carbocycles. The Morgan fingerprint density at radius 1 is 1.25 bits per heavy atom. The lowest BCUT2D eigenvalue weighted by Gasteiger charge is -2.17. The summed E-state index contributed by atoms with van der Waals surface area (Å²) in [5, 5.41) is 18.9. The van der Waals surface area contributed by atoms with Crippen LogP contribution in [0.1, 0.15) is 46.1 Å². The molecule has 2 aromatic carbocycles. The average molecular weight is 434 g/mol. The predicted octanol–water partition coefficient (Wildman–Crippen LogP) is 2.82. The van der Waals surface area contributed by atoms with Gasteiger partial charge in [0.25, 0.3) is 5.91 Å². The molecule has 4 rings (SSSR count). The molecule has 8 nitrogen and oxygen atoms in total. The first-order chi connectivity index (χ1) is 15.5. The highest BCUT2D eigenvalue weighted by Crippen LogP contribution is 2.30. The molecule has 32 heavy (non-hydrogen) atoms. The van der Waals surface area contributed by atoms with Crippen molar-refractivity contribution in [1.82, 2.24) is 20.6 Å². The number of carbonyl (C=O) groups excluding carboxylic acids is 1. The van der Waals surface area contributed by atoms with Crippen LogP contribution in [-0.4, -0.2) is 41.7 Å². The summed E-state index contributed by atoms with van der Waals surface area (Å²) >= 11 is 0. The van der Waals surface area contributed by atoms with E-state index in [0.717, 1.165) is 33.8 Å². The van der Waals surface area contributed by atoms with E-state index in [-0.39, 0.29) is 11.8 Å². The molecule has 0 saturated carbocycles. The summed E-state index contributed by atoms with van der Waals surface area (Å²) in [6, 6.07) is 13.3. The first-order valence-corrected chi connectivity index (χ1v) is 10.5. The highest BCUT2D eigenvalue weighted by molar-refractivity contribution is 5.94. The Hall–Kier alpha value is -3.49. The number of rotatable bonds is 7. The summed E-state index contributed by atoms with van der Waals surface area (Å²) in [6.45, 7) is 3.36. The number of carbonyl (C=O) groups is 1. The van der Waals surface area contributed by atoms with Crippen LogP contribution in [0.15, 0.2) is 48.8 Å². The van der Waals surface area contributed by atoms with Crippen LogP contribution < -0.4 is 20.7 Å². The number of anilines is 1. The standard InChI is InChI=1S/C24H27N5O3/c1-14(18-6-5-16(23(30)25-2)9-21(18)32-3)11-26-22-10-20(28-13-29-22)15-4-7-19-17(8-15)12-27-24(19)31/h4-10,13-14,24,27,31H,11-12H2,1-3H3,(H,25,30)(H,26,28,29)/t14-,24?/m1/s1. The number of amides is 1. The number of aromatic nitrogens is 2. The molecule has 0 radical (unpaired) electrons. The van der Waals surface area contributed by atoms with Gasteiger partial charge in [0.05, 0.1) is 12.8 Å². The Balaban J connectivity index is 1.47. The minimum absolute atomic E-state index is 0.120. The first kappa shape index (κ1) is 21.7. The van der Waals surface area contributed by atoms with Crippen molar-refractivity contribution in [2.24, 2.45) is 0 Å². The number of ether oxygens (including phenoxy) is 1. The van der Waals surface area contributed by atoms with E-state index >= 15 is 0 Å². The Morgan fingerprint density at radius 2 is 2.09 bits per heavy atom. The van der Waals surface area contributed by atoms with Crippen LogP contribution >= 0.6 is 0 Å². The van der Waals surface area contributed by atoms with Crippen LogP contribution in [0.2, 0.25) is 0 Å². The number of methoxy groups -OCH3 is 1. The van der Waals surface area contributed by atoms with E-state index in [1.165, 1.54) is 0 Å². The minimum atomic E-state index is -0.606. The molecule has 166 valence electrons. The van der Waals surface area contributed by atoms with Crippen molar-refractivity contribution in [3.05, 3.63) is 71.0 Å². The molecule has 1 aliphatic heterocycles. The number of nitrogens with zero attached hydrogens (tertiary/aromatic N) is 2. The van der Waals surface area contributed by atoms with Crippen molar-refractivity contribution in [2.45, 2.75) is 25.6 Å². The number of hydrogen-bond donors (Lipinski definition) is 4. The highest BCUT2D eigenvalue weighted by Gasteiger charge is 2.20. The third-order valence-corrected chi connectivity index (χ3v) is 5.73. The van der Waals surface area contributed by atoms with Crippen LogP contribution in [0.3, 0.4) is 0 Å². The first-order valence-electron chi connectivity index (χ1n) is 10.5. The van der Waals surface area contributed by atoms with Crippen LogP contribution in [0.25, 0.3) is 11.3 Å². The van der Waals surface area contributed by atoms with Gasteiger partial charge in [-0.15, -0.1) is 0 Å². The molecule has 2 heterocycles. The summed E-state index contributed by atoms with van der Waals surface area (Å²) in [7, 11) is 3.21. The fourth-order valence-electron chi connectivity index (χ4n) is 3.88. The number of aliphatic hydroxyl groups is 1. The second kappa shape index (κ2) is 9.33. The Morgan fingerprint density at radius 3 is 2.88 bits per heavy atom. The molecule has 1 aliphatic rings. The lowest BCUT2D eigenvalue weighted by atomic mass is 9.98. The lowest BCUT2D eigenvalue weighted by molar-refractivity contribution is 0.0962. The Bertz CT molecular complexity index is 1130. The molecule has 4 N–H and O–H groups in total. The molecule has 8 heteroatoms. The van der Waals surface area contributed by atoms with Gasteiger partial charge < -0.3 is 20.5 Å². The van der Waals surface area contributed by atoms with E-state index in [4.69, 9.17) is 4.74 Å². The van der Waals surface area contributed by atoms with Gasteiger partial charge in [-0.1, -0.05) is 25.1 Å². The summed E-state index contributed by atoms with van der Waals surface area (Å²) in [6.07, 6.45) is 0.937. The van der Waals surface area contributed by atoms with Crippen molar-refractivity contribution in [2.75, 3.05) is 26.0 Å². The number of hydrogen-bond acceptors (Lipinski definition) is 7. The summed E-state index contributed by atoms with van der Waals surface area (Å²) in [5.74, 6) is 1.37. The zero-order valence-electron chi connectivity index (χ0n) is 18.3. The zero-order valence-corrected chi connectivity index (χ0v) is 18.3. The van der Waals surface area contributed by atoms with Crippen LogP contribution in [0.4, 0.5) is 5.82 Å². The van der Waals surface area contributed by atoms with Gasteiger partial charge in [-0.05, 0) is 34.9 Å². The fraction of sp³-hybridized carbons (Fsp3) is 0.292. The molecule has 0 bridgehead atoms. The summed E-state index contributed by atoms with van der Waals surface area (Å²) in [4.78, 5) is 20.6. The van der Waals surface area contributed by atoms with Crippen molar-refractivity contribution < 1.29 is 14.6 Å². The van der Waals surface area contributed by atoms with Crippen LogP contribution in [0, 0.1) is 0 Å². The van der Waals surface area contributed by atoms with Crippen molar-refractivity contribution >= 4 is 11.7 Å². The highest BCUT2D eigenvalue weighted by atomic mass is 16.5. The van der Waals surface area contributed by atoms with Gasteiger partial charge in [0.1, 0.15) is 24.1 Å². The van der Waals surface area contributed by atoms with Crippen LogP contribution in [-0.2, 0) is 6.54 Å². The van der Waals surface area contributed by atoms with Gasteiger partial charge in [0.2, 0.25) is 0 Å². The maximum absolute atomic E-state index is 11.9. The van der Waals surface area contributed by atoms with Gasteiger partial charge in [-0.25, -0.2) is 9.97 Å². The molecule has 1 unspecified atom stereocenters. The number of nitrogens with one attached hydrogen (secondary N) is 3. The molecule has 2 atom stereocenters. The smallest absolute Gasteiger partial charge is 0.251 e. The maximum atomic E-state index is 11.9. The molecule has 0 fully saturated rings. The van der Waals surface area contributed by atoms with Gasteiger partial charge in [-0.3, -0.25) is 10.1 Å². The molecular weight excluding hydrogens is 406 g/mol. The van der Waals surface area contributed by atoms with Gasteiger partial charge in [0.15, 0.2) is 0 Å². The predicted molar refractivity (Wildman–Crippen MR) is 123 cm³/mol. The molecule has 1 aromatic heterocycles. The summed E-state index contributed by atoms with van der Waals surface area (Å²) < 4.78 is 5.52. The average Bonchev–Trinajstić information content (AvgIpc) is 3.21. The van der Waals surface area contributed by atoms with E-state index in [1.807, 2.05) is 30.3 Å². The molecular formula is C24H27N5O3. The van der Waals surface area contributed by atoms with E-state index in [2.05, 4.69) is 32.8 Å². The number of benzene rings is 2. The SMILES string of the molecule is CNC(=O)c1ccc([C@H](C)CNc2cc(-c3ccc4c(c3)CNC4O)ncn2)c(OC)c1. The topological polar surface area (TPSA) is 108 Å². The third-order valence-electron chi connectivity index (χ3n) is 5.73. The quantitative estimate of drug-likeness (QED) is 0.454. The van der Waals surface area contributed by atoms with Gasteiger partial charge in [0, 0.05) is 43.2 Å². The maximum Gasteiger partial charge on any atom is 0.251 e. The Kier molecular flexibility index (Phi) is 6.34. The van der Waals surface area contributed by atoms with Gasteiger partial charge >= 0.3 is 0 Å². The molecule has 3 aromatic rings. The van der Waals surface area contributed by atoms with E-state index in [0.29, 0.717) is 24.4 Å². The van der Waals surface area contributed by atoms with Crippen LogP contribution in [0.5, 0.6) is 5.75 Å². The second-order valence-corrected chi connectivity index (χ2v) is 7.80. The Labute approximate surface area is 187 Å². The second-order valence-electron chi connectivity index (χ2n) is 7.80. The summed E-state index contributed by atoms with van der Waals surface area (Å²) in [5.41, 5.74) is 5.34. The van der Waals surface area contributed by atoms with Crippen molar-refractivity contribution in [3.63, 3.8) is 0 Å². The zero-order chi connectivity index (χ0) is 22.7. The molecule has 0 saturated heterocycles. The van der Waals surface area contributed by atoms with Crippen molar-refractivity contribution in [3.8, 4) is 17.0 Å². The lowest BCUT2D eigenvalue weighted by Crippen LogP contribution is -2.18. The van der Waals surface area contributed by atoms with E-state index in [1.54, 1.807) is 32.6 Å². The molecule has 1 amide bonds. The minimum Gasteiger partial charge on any atom is -0.496 e. The number of aliphatic hydroxyl groups excluding tert-OH is 1. The monoisotopic (exact) mass is 433 g/mol. The van der Waals surface area contributed by atoms with Crippen molar-refractivity contribution in [1.29, 1.82) is 0 Å². The van der Waals surface area contributed by atoms with E-state index in [9.17, 15) is 9.90 Å². The fourth-order valence-corrected chi connectivity index (χ4v) is 3.88. The largest absolute Gasteiger partial charge is 0.496 e. The third kappa shape index (κ3) is 4.42. The van der Waals surface area contributed by atoms with Gasteiger partial charge in [-0.2, -0.15) is 0 Å². The normalized spacial score (nSPS) is 15.7.